The summed E-state index contributed by atoms with van der Waals surface area (Å²) >= 11 is 0. The van der Waals surface area contributed by atoms with Crippen LogP contribution in [0.25, 0.3) is 0 Å². The lowest BCUT2D eigenvalue weighted by Crippen LogP contribution is -2.31. The molecular weight excluding hydrogens is 236 g/mol. The molecule has 0 radical (unpaired) electrons. The highest BCUT2D eigenvalue weighted by atomic mass is 16.3. The average molecular weight is 254 g/mol. The van der Waals surface area contributed by atoms with Gasteiger partial charge in [-0.15, -0.1) is 0 Å². The Morgan fingerprint density at radius 2 is 2.06 bits per heavy atom. The van der Waals surface area contributed by atoms with Gasteiger partial charge >= 0.3 is 0 Å². The molecule has 1 aromatic rings. The van der Waals surface area contributed by atoms with Gasteiger partial charge in [0.05, 0.1) is 6.26 Å². The number of hydrogen-bond acceptors (Lipinski definition) is 4. The minimum Gasteiger partial charge on any atom is -0.459 e. The van der Waals surface area contributed by atoms with Crippen LogP contribution >= 0.6 is 0 Å². The highest BCUT2D eigenvalue weighted by Gasteiger charge is 2.08. The van der Waals surface area contributed by atoms with E-state index in [2.05, 4.69) is 10.6 Å². The van der Waals surface area contributed by atoms with Crippen molar-refractivity contribution in [2.45, 2.75) is 19.3 Å². The van der Waals surface area contributed by atoms with Gasteiger partial charge in [0.15, 0.2) is 5.76 Å². The van der Waals surface area contributed by atoms with E-state index in [1.807, 2.05) is 0 Å². The first-order valence-electron chi connectivity index (χ1n) is 5.93. The molecule has 0 bridgehead atoms. The van der Waals surface area contributed by atoms with Crippen LogP contribution in [-0.2, 0) is 4.79 Å². The Bertz CT molecular complexity index is 362. The Balaban J connectivity index is 2.07. The van der Waals surface area contributed by atoms with E-state index in [4.69, 9.17) is 9.52 Å². The first-order valence-corrected chi connectivity index (χ1v) is 5.93. The molecule has 0 spiro atoms. The lowest BCUT2D eigenvalue weighted by atomic mass is 10.3. The fourth-order valence-electron chi connectivity index (χ4n) is 1.34. The largest absolute Gasteiger partial charge is 0.459 e. The first kappa shape index (κ1) is 14.2. The summed E-state index contributed by atoms with van der Waals surface area (Å²) in [6.07, 6.45) is 3.07. The van der Waals surface area contributed by atoms with Crippen molar-refractivity contribution in [2.24, 2.45) is 0 Å². The summed E-state index contributed by atoms with van der Waals surface area (Å²) in [7, 11) is 0. The molecule has 1 aromatic heterocycles. The summed E-state index contributed by atoms with van der Waals surface area (Å²) in [6.45, 7) is 0.950. The smallest absolute Gasteiger partial charge is 0.286 e. The Labute approximate surface area is 105 Å². The van der Waals surface area contributed by atoms with E-state index in [1.54, 1.807) is 12.1 Å². The number of carbonyl (C=O) groups is 2. The second-order valence-electron chi connectivity index (χ2n) is 3.76. The number of unbranched alkanes of at least 4 members (excludes halogenated alkanes) is 1. The molecule has 100 valence electrons. The Hall–Kier alpha value is -1.82. The molecule has 0 aromatic carbocycles. The van der Waals surface area contributed by atoms with Gasteiger partial charge in [-0.05, 0) is 25.0 Å². The van der Waals surface area contributed by atoms with Gasteiger partial charge in [-0.3, -0.25) is 9.59 Å². The molecular formula is C12H18N2O4. The number of aliphatic hydroxyl groups excluding tert-OH is 1. The van der Waals surface area contributed by atoms with Crippen molar-refractivity contribution < 1.29 is 19.1 Å². The predicted octanol–water partition coefficient (Wildman–Crippen LogP) is 0.288. The lowest BCUT2D eigenvalue weighted by molar-refractivity contribution is -0.120. The fourth-order valence-corrected chi connectivity index (χ4v) is 1.34. The summed E-state index contributed by atoms with van der Waals surface area (Å²) in [5, 5.41) is 13.8. The van der Waals surface area contributed by atoms with Crippen LogP contribution in [0.3, 0.4) is 0 Å². The van der Waals surface area contributed by atoms with Crippen LogP contribution < -0.4 is 10.6 Å². The zero-order chi connectivity index (χ0) is 13.2. The number of furan rings is 1. The lowest BCUT2D eigenvalue weighted by Gasteiger charge is -2.05. The second kappa shape index (κ2) is 8.30. The Kier molecular flexibility index (Phi) is 6.56. The molecule has 0 unspecified atom stereocenters. The molecule has 0 atom stereocenters. The van der Waals surface area contributed by atoms with Gasteiger partial charge < -0.3 is 20.2 Å². The molecule has 0 fully saturated rings. The molecule has 3 N–H and O–H groups in total. The van der Waals surface area contributed by atoms with Crippen LogP contribution in [0.5, 0.6) is 0 Å². The van der Waals surface area contributed by atoms with Crippen LogP contribution in [0.4, 0.5) is 0 Å². The summed E-state index contributed by atoms with van der Waals surface area (Å²) in [4.78, 5) is 22.7. The van der Waals surface area contributed by atoms with Crippen molar-refractivity contribution in [2.75, 3.05) is 19.7 Å². The number of amides is 2. The van der Waals surface area contributed by atoms with Gasteiger partial charge in [0.1, 0.15) is 0 Å². The second-order valence-corrected chi connectivity index (χ2v) is 3.76. The van der Waals surface area contributed by atoms with Crippen LogP contribution in [0.2, 0.25) is 0 Å². The SMILES string of the molecule is O=C(CCNC(=O)c1ccco1)NCCCCO. The van der Waals surface area contributed by atoms with Crippen LogP contribution in [-0.4, -0.2) is 36.6 Å². The van der Waals surface area contributed by atoms with Crippen LogP contribution in [0.15, 0.2) is 22.8 Å². The zero-order valence-electron chi connectivity index (χ0n) is 10.1. The highest BCUT2D eigenvalue weighted by molar-refractivity contribution is 5.91. The maximum atomic E-state index is 11.4. The third-order valence-corrected chi connectivity index (χ3v) is 2.29. The number of hydrogen-bond donors (Lipinski definition) is 3. The number of rotatable bonds is 8. The van der Waals surface area contributed by atoms with Crippen molar-refractivity contribution in [1.82, 2.24) is 10.6 Å². The number of carbonyl (C=O) groups excluding carboxylic acids is 2. The Morgan fingerprint density at radius 1 is 1.22 bits per heavy atom. The monoisotopic (exact) mass is 254 g/mol. The summed E-state index contributed by atoms with van der Waals surface area (Å²) in [5.74, 6) is -0.209. The molecule has 0 saturated heterocycles. The average Bonchev–Trinajstić information content (AvgIpc) is 2.88. The molecule has 0 saturated carbocycles. The van der Waals surface area contributed by atoms with Crippen molar-refractivity contribution in [3.63, 3.8) is 0 Å². The van der Waals surface area contributed by atoms with Crippen molar-refractivity contribution in [3.05, 3.63) is 24.2 Å². The fraction of sp³-hybridized carbons (Fsp3) is 0.500. The third-order valence-electron chi connectivity index (χ3n) is 2.29. The maximum Gasteiger partial charge on any atom is 0.286 e. The Morgan fingerprint density at radius 3 is 2.72 bits per heavy atom. The molecule has 6 heteroatoms. The summed E-state index contributed by atoms with van der Waals surface area (Å²) in [6, 6.07) is 3.19. The number of aliphatic hydroxyl groups is 1. The van der Waals surface area contributed by atoms with E-state index in [0.717, 1.165) is 6.42 Å². The van der Waals surface area contributed by atoms with Gasteiger partial charge in [-0.2, -0.15) is 0 Å². The van der Waals surface area contributed by atoms with Crippen molar-refractivity contribution in [1.29, 1.82) is 0 Å². The van der Waals surface area contributed by atoms with E-state index in [9.17, 15) is 9.59 Å². The minimum atomic E-state index is -0.326. The number of nitrogens with one attached hydrogen (secondary N) is 2. The van der Waals surface area contributed by atoms with Gasteiger partial charge in [0, 0.05) is 26.1 Å². The van der Waals surface area contributed by atoms with Gasteiger partial charge in [0.25, 0.3) is 5.91 Å². The van der Waals surface area contributed by atoms with E-state index in [0.29, 0.717) is 13.0 Å². The van der Waals surface area contributed by atoms with E-state index in [-0.39, 0.29) is 37.1 Å². The minimum absolute atomic E-state index is 0.118. The molecule has 1 rings (SSSR count). The molecule has 18 heavy (non-hydrogen) atoms. The van der Waals surface area contributed by atoms with Crippen molar-refractivity contribution in [3.8, 4) is 0 Å². The van der Waals surface area contributed by atoms with E-state index >= 15 is 0 Å². The van der Waals surface area contributed by atoms with Gasteiger partial charge in [-0.1, -0.05) is 0 Å². The van der Waals surface area contributed by atoms with Crippen LogP contribution in [0.1, 0.15) is 29.8 Å². The van der Waals surface area contributed by atoms with E-state index < -0.39 is 0 Å². The van der Waals surface area contributed by atoms with Gasteiger partial charge in [-0.25, -0.2) is 0 Å². The summed E-state index contributed by atoms with van der Waals surface area (Å²) < 4.78 is 4.91. The predicted molar refractivity (Wildman–Crippen MR) is 65.0 cm³/mol. The maximum absolute atomic E-state index is 11.4. The topological polar surface area (TPSA) is 91.6 Å². The molecule has 6 nitrogen and oxygen atoms in total. The standard InChI is InChI=1S/C12H18N2O4/c15-8-2-1-6-13-11(16)5-7-14-12(17)10-4-3-9-18-10/h3-4,9,15H,1-2,5-8H2,(H,13,16)(H,14,17). The molecule has 0 aliphatic heterocycles. The van der Waals surface area contributed by atoms with E-state index in [1.165, 1.54) is 6.26 Å². The molecule has 2 amide bonds. The summed E-state index contributed by atoms with van der Waals surface area (Å²) in [5.41, 5.74) is 0. The highest BCUT2D eigenvalue weighted by Crippen LogP contribution is 1.98. The third kappa shape index (κ3) is 5.49. The molecule has 0 aliphatic rings. The zero-order valence-corrected chi connectivity index (χ0v) is 10.1. The molecule has 1 heterocycles. The first-order chi connectivity index (χ1) is 8.74. The van der Waals surface area contributed by atoms with Gasteiger partial charge in [0.2, 0.25) is 5.91 Å². The molecule has 0 aliphatic carbocycles. The van der Waals surface area contributed by atoms with Crippen molar-refractivity contribution >= 4 is 11.8 Å². The van der Waals surface area contributed by atoms with Crippen LogP contribution in [0, 0.1) is 0 Å². The quantitative estimate of drug-likeness (QED) is 0.581. The normalized spacial score (nSPS) is 10.1.